The second-order valence-electron chi connectivity index (χ2n) is 10.9. The molecule has 0 saturated carbocycles. The highest BCUT2D eigenvalue weighted by Crippen LogP contribution is 2.32. The van der Waals surface area contributed by atoms with Crippen molar-refractivity contribution < 1.29 is 18.7 Å². The molecule has 0 aliphatic carbocycles. The molecule has 1 aliphatic heterocycles. The number of aryl methyl sites for hydroxylation is 2. The fourth-order valence-corrected chi connectivity index (χ4v) is 5.75. The van der Waals surface area contributed by atoms with Crippen LogP contribution in [0.25, 0.3) is 0 Å². The van der Waals surface area contributed by atoms with Crippen LogP contribution in [0.3, 0.4) is 0 Å². The summed E-state index contributed by atoms with van der Waals surface area (Å²) in [7, 11) is 0. The van der Waals surface area contributed by atoms with Crippen molar-refractivity contribution in [1.29, 1.82) is 0 Å². The average Bonchev–Trinajstić information content (AvgIpc) is 3.00. The molecule has 4 aromatic rings. The van der Waals surface area contributed by atoms with Crippen molar-refractivity contribution in [2.75, 3.05) is 11.5 Å². The Hall–Kier alpha value is -4.43. The number of amides is 2. The lowest BCUT2D eigenvalue weighted by Gasteiger charge is -2.49. The fourth-order valence-electron chi connectivity index (χ4n) is 5.75. The number of nitrogens with two attached hydrogens (primary N) is 2. The predicted molar refractivity (Wildman–Crippen MR) is 161 cm³/mol. The van der Waals surface area contributed by atoms with Crippen LogP contribution in [-0.4, -0.2) is 39.1 Å². The highest BCUT2D eigenvalue weighted by atomic mass is 19.1. The van der Waals surface area contributed by atoms with E-state index in [0.717, 1.165) is 11.1 Å². The third-order valence-corrected chi connectivity index (χ3v) is 8.06. The molecule has 5 rings (SSSR count). The summed E-state index contributed by atoms with van der Waals surface area (Å²) in [5, 5.41) is 12.0. The quantitative estimate of drug-likeness (QED) is 0.206. The molecule has 0 spiro atoms. The van der Waals surface area contributed by atoms with Crippen molar-refractivity contribution in [2.45, 2.75) is 57.0 Å². The van der Waals surface area contributed by atoms with E-state index in [-0.39, 0.29) is 30.5 Å². The summed E-state index contributed by atoms with van der Waals surface area (Å²) in [6.45, 7) is 0.176. The maximum absolute atomic E-state index is 14.4. The molecule has 1 aliphatic rings. The molecule has 2 amide bonds. The van der Waals surface area contributed by atoms with E-state index in [1.165, 1.54) is 24.3 Å². The van der Waals surface area contributed by atoms with E-state index in [2.05, 4.69) is 0 Å². The lowest BCUT2D eigenvalue weighted by molar-refractivity contribution is -0.0478. The normalized spacial score (nSPS) is 17.5. The van der Waals surface area contributed by atoms with Crippen LogP contribution in [0.4, 0.5) is 25.0 Å². The number of carbonyl (C=O) groups excluding carboxylic acids is 1. The van der Waals surface area contributed by atoms with Gasteiger partial charge in [-0.15, -0.1) is 0 Å². The molecule has 0 unspecified atom stereocenters. The Bertz CT molecular complexity index is 1390. The second-order valence-corrected chi connectivity index (χ2v) is 10.9. The first-order chi connectivity index (χ1) is 20.3. The number of benzene rings is 4. The number of hydrogen-bond donors (Lipinski definition) is 3. The average molecular weight is 571 g/mol. The SMILES string of the molecule is Nc1ccc(CN2C(=O)N(Cc3ccc(N)c(F)c3)[C@H](CCc3ccccc3)C(O)[C@H]2CCc2ccccc2)cc1F. The standard InChI is InChI=1S/C34H36F2N4O2/c35-27-19-25(11-15-29(27)37)21-39-31(17-13-23-7-3-1-4-8-23)33(41)32(18-14-24-9-5-2-6-10-24)40(34(39)42)22-26-12-16-30(38)28(36)20-26/h1-12,15-16,19-20,31-33,41H,13-14,17-18,21-22,37-38H2/t31-,32-/m1/s1. The summed E-state index contributed by atoms with van der Waals surface area (Å²) in [5.74, 6) is -1.12. The van der Waals surface area contributed by atoms with Gasteiger partial charge in [0, 0.05) is 13.1 Å². The molecule has 0 aromatic heterocycles. The molecule has 8 heteroatoms. The second kappa shape index (κ2) is 13.0. The molecule has 2 atom stereocenters. The summed E-state index contributed by atoms with van der Waals surface area (Å²) in [6.07, 6.45) is 1.42. The van der Waals surface area contributed by atoms with Gasteiger partial charge in [-0.25, -0.2) is 13.6 Å². The van der Waals surface area contributed by atoms with Gasteiger partial charge < -0.3 is 26.4 Å². The van der Waals surface area contributed by atoms with Gasteiger partial charge in [0.1, 0.15) is 11.6 Å². The summed E-state index contributed by atoms with van der Waals surface area (Å²) < 4.78 is 28.8. The molecular formula is C34H36F2N4O2. The van der Waals surface area contributed by atoms with Crippen LogP contribution in [0.1, 0.15) is 35.1 Å². The van der Waals surface area contributed by atoms with Crippen LogP contribution >= 0.6 is 0 Å². The third-order valence-electron chi connectivity index (χ3n) is 8.06. The maximum Gasteiger partial charge on any atom is 0.321 e. The number of aliphatic hydroxyl groups is 1. The molecule has 4 aromatic carbocycles. The van der Waals surface area contributed by atoms with Crippen molar-refractivity contribution in [3.8, 4) is 0 Å². The number of halogens is 2. The van der Waals surface area contributed by atoms with Gasteiger partial charge in [-0.2, -0.15) is 0 Å². The molecular weight excluding hydrogens is 534 g/mol. The number of anilines is 2. The van der Waals surface area contributed by atoms with E-state index in [0.29, 0.717) is 36.8 Å². The molecule has 1 saturated heterocycles. The Labute approximate surface area is 245 Å². The Morgan fingerprint density at radius 1 is 0.619 bits per heavy atom. The first-order valence-corrected chi connectivity index (χ1v) is 14.2. The zero-order valence-electron chi connectivity index (χ0n) is 23.4. The first kappa shape index (κ1) is 29.1. The number of hydrogen-bond acceptors (Lipinski definition) is 4. The Kier molecular flexibility index (Phi) is 9.03. The van der Waals surface area contributed by atoms with Gasteiger partial charge >= 0.3 is 6.03 Å². The van der Waals surface area contributed by atoms with Crippen LogP contribution in [0.15, 0.2) is 97.1 Å². The van der Waals surface area contributed by atoms with Gasteiger partial charge in [0.15, 0.2) is 0 Å². The summed E-state index contributed by atoms with van der Waals surface area (Å²) in [6, 6.07) is 27.4. The van der Waals surface area contributed by atoms with Crippen LogP contribution < -0.4 is 11.5 Å². The van der Waals surface area contributed by atoms with Gasteiger partial charge in [0.2, 0.25) is 0 Å². The molecule has 5 N–H and O–H groups in total. The minimum absolute atomic E-state index is 0.0253. The first-order valence-electron chi connectivity index (χ1n) is 14.2. The van der Waals surface area contributed by atoms with Crippen LogP contribution in [-0.2, 0) is 25.9 Å². The van der Waals surface area contributed by atoms with E-state index < -0.39 is 29.8 Å². The van der Waals surface area contributed by atoms with Crippen molar-refractivity contribution in [3.05, 3.63) is 131 Å². The molecule has 1 heterocycles. The molecule has 218 valence electrons. The number of nitrogens with zero attached hydrogens (tertiary/aromatic N) is 2. The minimum Gasteiger partial charge on any atom is -0.396 e. The zero-order chi connectivity index (χ0) is 29.6. The van der Waals surface area contributed by atoms with Crippen molar-refractivity contribution >= 4 is 17.4 Å². The third kappa shape index (κ3) is 6.71. The van der Waals surface area contributed by atoms with Gasteiger partial charge in [0.05, 0.1) is 29.6 Å². The zero-order valence-corrected chi connectivity index (χ0v) is 23.4. The van der Waals surface area contributed by atoms with Crippen molar-refractivity contribution in [3.63, 3.8) is 0 Å². The lowest BCUT2D eigenvalue weighted by atomic mass is 9.88. The monoisotopic (exact) mass is 570 g/mol. The molecule has 1 fully saturated rings. The highest BCUT2D eigenvalue weighted by Gasteiger charge is 2.45. The topological polar surface area (TPSA) is 95.8 Å². The van der Waals surface area contributed by atoms with Crippen LogP contribution in [0.2, 0.25) is 0 Å². The number of rotatable bonds is 10. The smallest absolute Gasteiger partial charge is 0.321 e. The van der Waals surface area contributed by atoms with Gasteiger partial charge in [-0.1, -0.05) is 72.8 Å². The van der Waals surface area contributed by atoms with E-state index in [4.69, 9.17) is 11.5 Å². The molecule has 0 bridgehead atoms. The predicted octanol–water partition coefficient (Wildman–Crippen LogP) is 5.93. The summed E-state index contributed by atoms with van der Waals surface area (Å²) in [5.41, 5.74) is 14.8. The summed E-state index contributed by atoms with van der Waals surface area (Å²) in [4.78, 5) is 17.6. The number of carbonyl (C=O) groups is 1. The van der Waals surface area contributed by atoms with Crippen molar-refractivity contribution in [2.24, 2.45) is 0 Å². The highest BCUT2D eigenvalue weighted by molar-refractivity contribution is 5.76. The van der Waals surface area contributed by atoms with Crippen LogP contribution in [0.5, 0.6) is 0 Å². The Morgan fingerprint density at radius 2 is 1.02 bits per heavy atom. The van der Waals surface area contributed by atoms with Gasteiger partial charge in [-0.3, -0.25) is 0 Å². The minimum atomic E-state index is -0.910. The maximum atomic E-state index is 14.4. The molecule has 0 radical (unpaired) electrons. The van der Waals surface area contributed by atoms with E-state index in [1.54, 1.807) is 21.9 Å². The van der Waals surface area contributed by atoms with Gasteiger partial charge in [-0.05, 0) is 72.2 Å². The van der Waals surface area contributed by atoms with E-state index in [9.17, 15) is 18.7 Å². The number of urea groups is 1. The largest absolute Gasteiger partial charge is 0.396 e. The Balaban J connectivity index is 1.49. The number of nitrogen functional groups attached to an aromatic ring is 2. The van der Waals surface area contributed by atoms with Crippen LogP contribution in [0, 0.1) is 11.6 Å². The van der Waals surface area contributed by atoms with E-state index >= 15 is 0 Å². The Morgan fingerprint density at radius 3 is 1.40 bits per heavy atom. The van der Waals surface area contributed by atoms with E-state index in [1.807, 2.05) is 60.7 Å². The molecule has 42 heavy (non-hydrogen) atoms. The summed E-state index contributed by atoms with van der Waals surface area (Å²) >= 11 is 0. The number of aliphatic hydroxyl groups excluding tert-OH is 1. The fraction of sp³-hybridized carbons (Fsp3) is 0.265. The van der Waals surface area contributed by atoms with Crippen molar-refractivity contribution in [1.82, 2.24) is 9.80 Å². The van der Waals surface area contributed by atoms with Gasteiger partial charge in [0.25, 0.3) is 0 Å². The lowest BCUT2D eigenvalue weighted by Crippen LogP contribution is -2.65. The molecule has 6 nitrogen and oxygen atoms in total.